The lowest BCUT2D eigenvalue weighted by molar-refractivity contribution is 0.100. The maximum atomic E-state index is 11.3. The molecule has 1 amide bonds. The van der Waals surface area contributed by atoms with Gasteiger partial charge in [-0.3, -0.25) is 4.79 Å². The van der Waals surface area contributed by atoms with E-state index in [2.05, 4.69) is 15.9 Å². The summed E-state index contributed by atoms with van der Waals surface area (Å²) < 4.78 is 0.824. The lowest BCUT2D eigenvalue weighted by Gasteiger charge is -2.09. The molecule has 0 aromatic heterocycles. The third kappa shape index (κ3) is 2.31. The zero-order valence-electron chi connectivity index (χ0n) is 8.85. The molecule has 86 valence electrons. The van der Waals surface area contributed by atoms with Crippen LogP contribution >= 0.6 is 15.9 Å². The van der Waals surface area contributed by atoms with Crippen LogP contribution in [0.5, 0.6) is 5.75 Å². The molecule has 17 heavy (non-hydrogen) atoms. The standard InChI is InChI=1S/C13H10BrNO2/c14-8-5-6-12(16)11(7-8)9-3-1-2-4-10(9)13(15)17/h1-7,16H,(H2,15,17). The van der Waals surface area contributed by atoms with E-state index < -0.39 is 5.91 Å². The third-order valence-electron chi connectivity index (χ3n) is 2.44. The van der Waals surface area contributed by atoms with E-state index in [9.17, 15) is 9.90 Å². The first-order valence-corrected chi connectivity index (χ1v) is 5.76. The van der Waals surface area contributed by atoms with E-state index in [0.717, 1.165) is 4.47 Å². The lowest BCUT2D eigenvalue weighted by Crippen LogP contribution is -2.12. The van der Waals surface area contributed by atoms with Crippen LogP contribution in [0.15, 0.2) is 46.9 Å². The summed E-state index contributed by atoms with van der Waals surface area (Å²) >= 11 is 3.33. The van der Waals surface area contributed by atoms with Gasteiger partial charge in [0.2, 0.25) is 5.91 Å². The number of phenols is 1. The molecule has 4 heteroatoms. The Morgan fingerprint density at radius 2 is 1.82 bits per heavy atom. The Morgan fingerprint density at radius 1 is 1.12 bits per heavy atom. The van der Waals surface area contributed by atoms with Crippen molar-refractivity contribution in [3.05, 3.63) is 52.5 Å². The molecular formula is C13H10BrNO2. The number of carbonyl (C=O) groups is 1. The molecule has 2 aromatic rings. The Morgan fingerprint density at radius 3 is 2.53 bits per heavy atom. The molecule has 0 aliphatic rings. The Kier molecular flexibility index (Phi) is 3.15. The van der Waals surface area contributed by atoms with Crippen molar-refractivity contribution in [1.29, 1.82) is 0 Å². The first kappa shape index (κ1) is 11.7. The van der Waals surface area contributed by atoms with E-state index in [1.54, 1.807) is 42.5 Å². The monoisotopic (exact) mass is 291 g/mol. The predicted molar refractivity (Wildman–Crippen MR) is 69.8 cm³/mol. The van der Waals surface area contributed by atoms with Crippen molar-refractivity contribution in [2.45, 2.75) is 0 Å². The highest BCUT2D eigenvalue weighted by Gasteiger charge is 2.12. The highest BCUT2D eigenvalue weighted by Crippen LogP contribution is 2.33. The van der Waals surface area contributed by atoms with Crippen LogP contribution in [0.1, 0.15) is 10.4 Å². The number of nitrogens with two attached hydrogens (primary N) is 1. The van der Waals surface area contributed by atoms with Crippen molar-refractivity contribution in [2.24, 2.45) is 5.73 Å². The summed E-state index contributed by atoms with van der Waals surface area (Å²) in [5, 5.41) is 9.82. The minimum absolute atomic E-state index is 0.113. The summed E-state index contributed by atoms with van der Waals surface area (Å²) in [5.74, 6) is -0.401. The van der Waals surface area contributed by atoms with E-state index in [-0.39, 0.29) is 5.75 Å². The van der Waals surface area contributed by atoms with Crippen LogP contribution in [-0.2, 0) is 0 Å². The van der Waals surface area contributed by atoms with Gasteiger partial charge >= 0.3 is 0 Å². The normalized spacial score (nSPS) is 10.2. The first-order chi connectivity index (χ1) is 8.09. The van der Waals surface area contributed by atoms with Crippen molar-refractivity contribution in [1.82, 2.24) is 0 Å². The van der Waals surface area contributed by atoms with Crippen molar-refractivity contribution in [3.63, 3.8) is 0 Å². The number of hydrogen-bond donors (Lipinski definition) is 2. The number of benzene rings is 2. The molecule has 0 spiro atoms. The van der Waals surface area contributed by atoms with Crippen molar-refractivity contribution < 1.29 is 9.90 Å². The SMILES string of the molecule is NC(=O)c1ccccc1-c1cc(Br)ccc1O. The number of hydrogen-bond acceptors (Lipinski definition) is 2. The minimum Gasteiger partial charge on any atom is -0.507 e. The van der Waals surface area contributed by atoms with E-state index >= 15 is 0 Å². The van der Waals surface area contributed by atoms with Crippen molar-refractivity contribution in [3.8, 4) is 16.9 Å². The fourth-order valence-corrected chi connectivity index (χ4v) is 2.02. The molecule has 0 aliphatic carbocycles. The van der Waals surface area contributed by atoms with Gasteiger partial charge in [0.25, 0.3) is 0 Å². The maximum absolute atomic E-state index is 11.3. The molecule has 0 aliphatic heterocycles. The molecule has 3 nitrogen and oxygen atoms in total. The van der Waals surface area contributed by atoms with E-state index in [0.29, 0.717) is 16.7 Å². The number of primary amides is 1. The molecule has 0 saturated heterocycles. The van der Waals surface area contributed by atoms with E-state index in [1.165, 1.54) is 0 Å². The number of rotatable bonds is 2. The number of halogens is 1. The van der Waals surface area contributed by atoms with Gasteiger partial charge in [-0.2, -0.15) is 0 Å². The van der Waals surface area contributed by atoms with Gasteiger partial charge in [-0.25, -0.2) is 0 Å². The van der Waals surface area contributed by atoms with E-state index in [4.69, 9.17) is 5.73 Å². The van der Waals surface area contributed by atoms with Gasteiger partial charge in [0.15, 0.2) is 0 Å². The Bertz CT molecular complexity index is 581. The largest absolute Gasteiger partial charge is 0.507 e. The van der Waals surface area contributed by atoms with Gasteiger partial charge in [0, 0.05) is 15.6 Å². The molecule has 0 fully saturated rings. The Labute approximate surface area is 107 Å². The highest BCUT2D eigenvalue weighted by atomic mass is 79.9. The zero-order valence-corrected chi connectivity index (χ0v) is 10.4. The number of amides is 1. The molecule has 0 radical (unpaired) electrons. The van der Waals surface area contributed by atoms with Crippen LogP contribution in [0.25, 0.3) is 11.1 Å². The van der Waals surface area contributed by atoms with Gasteiger partial charge in [0.05, 0.1) is 0 Å². The van der Waals surface area contributed by atoms with Crippen LogP contribution in [-0.4, -0.2) is 11.0 Å². The van der Waals surface area contributed by atoms with Crippen molar-refractivity contribution >= 4 is 21.8 Å². The summed E-state index contributed by atoms with van der Waals surface area (Å²) in [6.07, 6.45) is 0. The van der Waals surface area contributed by atoms with Crippen LogP contribution in [0, 0.1) is 0 Å². The van der Waals surface area contributed by atoms with Crippen molar-refractivity contribution in [2.75, 3.05) is 0 Å². The number of carbonyl (C=O) groups excluding carboxylic acids is 1. The molecule has 0 unspecified atom stereocenters. The number of phenolic OH excluding ortho intramolecular Hbond substituents is 1. The molecule has 0 heterocycles. The minimum atomic E-state index is -0.514. The number of aromatic hydroxyl groups is 1. The van der Waals surface area contributed by atoms with Crippen LogP contribution in [0.2, 0.25) is 0 Å². The van der Waals surface area contributed by atoms with Gasteiger partial charge in [-0.15, -0.1) is 0 Å². The second-order valence-corrected chi connectivity index (χ2v) is 4.49. The van der Waals surface area contributed by atoms with Gasteiger partial charge in [-0.1, -0.05) is 34.1 Å². The Balaban J connectivity index is 2.68. The molecule has 3 N–H and O–H groups in total. The second-order valence-electron chi connectivity index (χ2n) is 3.57. The average molecular weight is 292 g/mol. The van der Waals surface area contributed by atoms with Gasteiger partial charge < -0.3 is 10.8 Å². The average Bonchev–Trinajstić information content (AvgIpc) is 2.32. The fraction of sp³-hybridized carbons (Fsp3) is 0. The second kappa shape index (κ2) is 4.59. The maximum Gasteiger partial charge on any atom is 0.249 e. The third-order valence-corrected chi connectivity index (χ3v) is 2.93. The first-order valence-electron chi connectivity index (χ1n) is 4.97. The summed E-state index contributed by atoms with van der Waals surface area (Å²) in [5.41, 5.74) is 6.90. The summed E-state index contributed by atoms with van der Waals surface area (Å²) in [4.78, 5) is 11.3. The predicted octanol–water partition coefficient (Wildman–Crippen LogP) is 2.92. The van der Waals surface area contributed by atoms with Crippen LogP contribution < -0.4 is 5.73 Å². The van der Waals surface area contributed by atoms with Gasteiger partial charge in [0.1, 0.15) is 5.75 Å². The topological polar surface area (TPSA) is 63.3 Å². The zero-order chi connectivity index (χ0) is 12.4. The molecule has 0 bridgehead atoms. The summed E-state index contributed by atoms with van der Waals surface area (Å²) in [6, 6.07) is 12.0. The van der Waals surface area contributed by atoms with Crippen LogP contribution in [0.4, 0.5) is 0 Å². The van der Waals surface area contributed by atoms with Crippen LogP contribution in [0.3, 0.4) is 0 Å². The highest BCUT2D eigenvalue weighted by molar-refractivity contribution is 9.10. The lowest BCUT2D eigenvalue weighted by atomic mass is 9.98. The molecular weight excluding hydrogens is 282 g/mol. The molecule has 0 saturated carbocycles. The van der Waals surface area contributed by atoms with Gasteiger partial charge in [-0.05, 0) is 29.8 Å². The quantitative estimate of drug-likeness (QED) is 0.894. The molecule has 0 atom stereocenters. The smallest absolute Gasteiger partial charge is 0.249 e. The fourth-order valence-electron chi connectivity index (χ4n) is 1.66. The summed E-state index contributed by atoms with van der Waals surface area (Å²) in [7, 11) is 0. The van der Waals surface area contributed by atoms with E-state index in [1.807, 2.05) is 0 Å². The Hall–Kier alpha value is -1.81. The molecule has 2 rings (SSSR count). The molecule has 2 aromatic carbocycles. The summed E-state index contributed by atoms with van der Waals surface area (Å²) in [6.45, 7) is 0.